The Labute approximate surface area is 181 Å². The van der Waals surface area contributed by atoms with Gasteiger partial charge in [0.05, 0.1) is 19.7 Å². The standard InChI is InChI=1S/C23H36N2O3.ClH/c1-2-3-9-17-27-20-12-10-11-19(18-20)24-23(26)28-22-14-6-5-13-21(22)25-15-7-4-8-16-25;/h10-12,18,21-22H,2-9,13-17H2,1H3,(H,24,26);1H/t21-,22?;/m1./s1. The van der Waals surface area contributed by atoms with Gasteiger partial charge >= 0.3 is 6.09 Å². The van der Waals surface area contributed by atoms with Crippen LogP contribution in [0.3, 0.4) is 0 Å². The number of piperidine rings is 1. The molecule has 5 nitrogen and oxygen atoms in total. The van der Waals surface area contributed by atoms with Gasteiger partial charge in [-0.15, -0.1) is 0 Å². The van der Waals surface area contributed by atoms with Crippen molar-refractivity contribution in [2.45, 2.75) is 83.3 Å². The van der Waals surface area contributed by atoms with Crippen molar-refractivity contribution >= 4 is 11.8 Å². The molecule has 2 aliphatic rings. The maximum Gasteiger partial charge on any atom is 0.412 e. The minimum Gasteiger partial charge on any atom is -1.00 e. The third-order valence-corrected chi connectivity index (χ3v) is 6.08. The summed E-state index contributed by atoms with van der Waals surface area (Å²) in [7, 11) is 0. The number of unbranched alkanes of at least 4 members (excludes halogenated alkanes) is 2. The number of likely N-dealkylation sites (tertiary alicyclic amines) is 1. The van der Waals surface area contributed by atoms with Gasteiger partial charge in [-0.3, -0.25) is 5.32 Å². The molecular formula is C23H37ClN2O3. The minimum atomic E-state index is -0.337. The number of quaternary nitrogens is 1. The summed E-state index contributed by atoms with van der Waals surface area (Å²) in [4.78, 5) is 14.2. The van der Waals surface area contributed by atoms with E-state index in [-0.39, 0.29) is 24.6 Å². The summed E-state index contributed by atoms with van der Waals surface area (Å²) in [5.41, 5.74) is 0.732. The predicted octanol–water partition coefficient (Wildman–Crippen LogP) is 1.19. The van der Waals surface area contributed by atoms with Gasteiger partial charge in [0, 0.05) is 18.2 Å². The Balaban J connectivity index is 0.00000300. The van der Waals surface area contributed by atoms with Crippen LogP contribution in [0.5, 0.6) is 5.75 Å². The fourth-order valence-electron chi connectivity index (χ4n) is 4.57. The van der Waals surface area contributed by atoms with Gasteiger partial charge in [-0.05, 0) is 57.1 Å². The summed E-state index contributed by atoms with van der Waals surface area (Å²) in [5.74, 6) is 0.794. The zero-order chi connectivity index (χ0) is 19.6. The first-order valence-electron chi connectivity index (χ1n) is 11.3. The van der Waals surface area contributed by atoms with Crippen molar-refractivity contribution in [1.29, 1.82) is 0 Å². The molecule has 1 aliphatic carbocycles. The average Bonchev–Trinajstić information content (AvgIpc) is 2.72. The van der Waals surface area contributed by atoms with Crippen molar-refractivity contribution in [2.24, 2.45) is 0 Å². The molecule has 6 heteroatoms. The smallest absolute Gasteiger partial charge is 0.412 e. The molecule has 1 saturated heterocycles. The van der Waals surface area contributed by atoms with Gasteiger partial charge in [0.25, 0.3) is 0 Å². The largest absolute Gasteiger partial charge is 1.00 e. The molecule has 0 aromatic heterocycles. The third kappa shape index (κ3) is 7.71. The summed E-state index contributed by atoms with van der Waals surface area (Å²) in [5, 5.41) is 2.90. The van der Waals surface area contributed by atoms with E-state index in [9.17, 15) is 4.79 Å². The van der Waals surface area contributed by atoms with Gasteiger partial charge in [-0.25, -0.2) is 4.79 Å². The Kier molecular flexibility index (Phi) is 10.6. The molecule has 0 radical (unpaired) electrons. The topological polar surface area (TPSA) is 52.0 Å². The number of nitrogens with one attached hydrogen (secondary N) is 2. The number of rotatable bonds is 8. The molecule has 0 bridgehead atoms. The number of benzene rings is 1. The quantitative estimate of drug-likeness (QED) is 0.616. The number of hydrogen-bond acceptors (Lipinski definition) is 3. The Hall–Kier alpha value is -1.46. The Morgan fingerprint density at radius 2 is 1.90 bits per heavy atom. The van der Waals surface area contributed by atoms with Crippen molar-refractivity contribution in [3.63, 3.8) is 0 Å². The highest BCUT2D eigenvalue weighted by molar-refractivity contribution is 5.85. The van der Waals surface area contributed by atoms with Crippen LogP contribution in [0.15, 0.2) is 24.3 Å². The van der Waals surface area contributed by atoms with Gasteiger partial charge < -0.3 is 26.8 Å². The number of ether oxygens (including phenoxy) is 2. The van der Waals surface area contributed by atoms with E-state index < -0.39 is 0 Å². The van der Waals surface area contributed by atoms with E-state index >= 15 is 0 Å². The van der Waals surface area contributed by atoms with Gasteiger partial charge in [0.2, 0.25) is 0 Å². The van der Waals surface area contributed by atoms with Gasteiger partial charge in [0.15, 0.2) is 6.10 Å². The molecule has 2 fully saturated rings. The van der Waals surface area contributed by atoms with Gasteiger partial charge in [-0.2, -0.15) is 0 Å². The third-order valence-electron chi connectivity index (χ3n) is 6.08. The molecule has 2 N–H and O–H groups in total. The molecule has 1 aromatic carbocycles. The van der Waals surface area contributed by atoms with Crippen LogP contribution in [0.1, 0.15) is 71.1 Å². The van der Waals surface area contributed by atoms with E-state index in [1.807, 2.05) is 24.3 Å². The second kappa shape index (κ2) is 13.0. The highest BCUT2D eigenvalue weighted by atomic mass is 35.5. The molecule has 164 valence electrons. The van der Waals surface area contributed by atoms with Crippen LogP contribution in [-0.4, -0.2) is 37.9 Å². The highest BCUT2D eigenvalue weighted by Crippen LogP contribution is 2.22. The lowest BCUT2D eigenvalue weighted by molar-refractivity contribution is -0.934. The maximum atomic E-state index is 12.5. The van der Waals surface area contributed by atoms with Gasteiger partial charge in [-0.1, -0.05) is 25.8 Å². The zero-order valence-electron chi connectivity index (χ0n) is 17.8. The highest BCUT2D eigenvalue weighted by Gasteiger charge is 2.36. The van der Waals surface area contributed by atoms with Crippen molar-refractivity contribution in [1.82, 2.24) is 0 Å². The normalized spacial score (nSPS) is 22.4. The summed E-state index contributed by atoms with van der Waals surface area (Å²) in [6.45, 7) is 5.34. The second-order valence-corrected chi connectivity index (χ2v) is 8.26. The summed E-state index contributed by atoms with van der Waals surface area (Å²) >= 11 is 0. The minimum absolute atomic E-state index is 0. The van der Waals surface area contributed by atoms with E-state index in [0.717, 1.165) is 30.7 Å². The van der Waals surface area contributed by atoms with Crippen LogP contribution in [0.2, 0.25) is 0 Å². The van der Waals surface area contributed by atoms with Crippen LogP contribution >= 0.6 is 0 Å². The van der Waals surface area contributed by atoms with Crippen LogP contribution in [0, 0.1) is 0 Å². The SMILES string of the molecule is CCCCCOc1cccc(NC(=O)OC2CCCC[C@H]2[NH+]2CCCCC2)c1.[Cl-]. The number of carbonyl (C=O) groups excluding carboxylic acids is 1. The Bertz CT molecular complexity index is 608. The fraction of sp³-hybridized carbons (Fsp3) is 0.696. The number of carbonyl (C=O) groups is 1. The van der Waals surface area contributed by atoms with Crippen molar-refractivity contribution in [3.8, 4) is 5.75 Å². The predicted molar refractivity (Wildman–Crippen MR) is 112 cm³/mol. The molecule has 1 unspecified atom stereocenters. The average molecular weight is 425 g/mol. The van der Waals surface area contributed by atoms with Crippen molar-refractivity contribution in [3.05, 3.63) is 24.3 Å². The maximum absolute atomic E-state index is 12.5. The van der Waals surface area contributed by atoms with Crippen LogP contribution in [-0.2, 0) is 4.74 Å². The molecule has 1 aliphatic heterocycles. The van der Waals surface area contributed by atoms with E-state index in [2.05, 4.69) is 12.2 Å². The molecule has 1 saturated carbocycles. The summed E-state index contributed by atoms with van der Waals surface area (Å²) in [6.07, 6.45) is 11.6. The monoisotopic (exact) mass is 424 g/mol. The van der Waals surface area contributed by atoms with E-state index in [4.69, 9.17) is 9.47 Å². The van der Waals surface area contributed by atoms with Crippen molar-refractivity contribution < 1.29 is 31.6 Å². The van der Waals surface area contributed by atoms with E-state index in [1.165, 1.54) is 58.0 Å². The molecule has 3 rings (SSSR count). The number of halogens is 1. The number of anilines is 1. The molecule has 2 atom stereocenters. The van der Waals surface area contributed by atoms with Crippen LogP contribution < -0.4 is 27.4 Å². The second-order valence-electron chi connectivity index (χ2n) is 8.26. The van der Waals surface area contributed by atoms with Gasteiger partial charge in [0.1, 0.15) is 11.8 Å². The Morgan fingerprint density at radius 3 is 2.69 bits per heavy atom. The summed E-state index contributed by atoms with van der Waals surface area (Å²) < 4.78 is 11.7. The van der Waals surface area contributed by atoms with E-state index in [0.29, 0.717) is 12.6 Å². The van der Waals surface area contributed by atoms with Crippen LogP contribution in [0.4, 0.5) is 10.5 Å². The molecular weight excluding hydrogens is 388 g/mol. The lowest BCUT2D eigenvalue weighted by Crippen LogP contribution is -3.17. The lowest BCUT2D eigenvalue weighted by atomic mass is 9.90. The molecule has 0 spiro atoms. The molecule has 1 aromatic rings. The van der Waals surface area contributed by atoms with Crippen molar-refractivity contribution in [2.75, 3.05) is 25.0 Å². The number of hydrogen-bond donors (Lipinski definition) is 2. The van der Waals surface area contributed by atoms with Crippen LogP contribution in [0.25, 0.3) is 0 Å². The van der Waals surface area contributed by atoms with E-state index in [1.54, 1.807) is 4.90 Å². The lowest BCUT2D eigenvalue weighted by Gasteiger charge is -2.38. The first-order valence-corrected chi connectivity index (χ1v) is 11.3. The number of amides is 1. The first kappa shape index (κ1) is 23.8. The molecule has 1 amide bonds. The zero-order valence-corrected chi connectivity index (χ0v) is 18.5. The Morgan fingerprint density at radius 1 is 1.10 bits per heavy atom. The first-order chi connectivity index (χ1) is 13.8. The fourth-order valence-corrected chi connectivity index (χ4v) is 4.57. The molecule has 1 heterocycles. The molecule has 29 heavy (non-hydrogen) atoms. The summed E-state index contributed by atoms with van der Waals surface area (Å²) in [6, 6.07) is 8.06.